The highest BCUT2D eigenvalue weighted by Gasteiger charge is 2.11. The lowest BCUT2D eigenvalue weighted by Crippen LogP contribution is -2.21. The molecule has 0 rings (SSSR count). The van der Waals surface area contributed by atoms with Crippen LogP contribution >= 0.6 is 15.9 Å². The van der Waals surface area contributed by atoms with Crippen molar-refractivity contribution in [3.8, 4) is 6.07 Å². The topological polar surface area (TPSA) is 33.0 Å². The Morgan fingerprint density at radius 3 is 2.42 bits per heavy atom. The molecule has 0 aliphatic carbocycles. The van der Waals surface area contributed by atoms with Gasteiger partial charge in [0.1, 0.15) is 0 Å². The summed E-state index contributed by atoms with van der Waals surface area (Å²) in [6.45, 7) is 6.71. The van der Waals surface area contributed by atoms with Crippen LogP contribution in [0.25, 0.3) is 0 Å². The van der Waals surface area contributed by atoms with Gasteiger partial charge in [-0.25, -0.2) is 0 Å². The molecule has 0 aromatic rings. The first-order chi connectivity index (χ1) is 5.49. The lowest BCUT2D eigenvalue weighted by Gasteiger charge is -2.19. The summed E-state index contributed by atoms with van der Waals surface area (Å²) in [6.07, 6.45) is 0.805. The fraction of sp³-hybridized carbons (Fsp3) is 0.889. The molecule has 3 heteroatoms. The zero-order chi connectivity index (χ0) is 9.61. The summed E-state index contributed by atoms with van der Waals surface area (Å²) in [6, 6.07) is 2.21. The fourth-order valence-corrected chi connectivity index (χ4v) is 1.15. The highest BCUT2D eigenvalue weighted by atomic mass is 79.9. The van der Waals surface area contributed by atoms with Gasteiger partial charge in [-0.05, 0) is 27.2 Å². The van der Waals surface area contributed by atoms with Crippen LogP contribution in [-0.4, -0.2) is 17.5 Å². The molecule has 1 unspecified atom stereocenters. The van der Waals surface area contributed by atoms with Gasteiger partial charge < -0.3 is 4.74 Å². The van der Waals surface area contributed by atoms with E-state index in [1.165, 1.54) is 0 Å². The van der Waals surface area contributed by atoms with E-state index in [1.54, 1.807) is 0 Å². The van der Waals surface area contributed by atoms with Crippen LogP contribution in [-0.2, 0) is 4.74 Å². The molecular weight excluding hydrogens is 218 g/mol. The van der Waals surface area contributed by atoms with Crippen LogP contribution in [0.4, 0.5) is 0 Å². The molecule has 0 saturated carbocycles. The van der Waals surface area contributed by atoms with E-state index in [1.807, 2.05) is 20.8 Å². The van der Waals surface area contributed by atoms with Gasteiger partial charge in [-0.2, -0.15) is 5.26 Å². The Labute approximate surface area is 83.0 Å². The fourth-order valence-electron chi connectivity index (χ4n) is 0.684. The van der Waals surface area contributed by atoms with Gasteiger partial charge in [-0.3, -0.25) is 0 Å². The normalized spacial score (nSPS) is 13.9. The third-order valence-corrected chi connectivity index (χ3v) is 2.15. The van der Waals surface area contributed by atoms with Gasteiger partial charge in [0.25, 0.3) is 0 Å². The van der Waals surface area contributed by atoms with E-state index in [4.69, 9.17) is 10.00 Å². The van der Waals surface area contributed by atoms with E-state index < -0.39 is 0 Å². The van der Waals surface area contributed by atoms with Crippen LogP contribution in [0, 0.1) is 17.2 Å². The SMILES string of the molecule is CC(C)(C)OCCC(C#N)CBr. The maximum atomic E-state index is 8.62. The van der Waals surface area contributed by atoms with E-state index in [-0.39, 0.29) is 11.5 Å². The number of rotatable bonds is 4. The minimum absolute atomic E-state index is 0.0762. The molecule has 0 saturated heterocycles. The van der Waals surface area contributed by atoms with Crippen molar-refractivity contribution in [1.82, 2.24) is 0 Å². The first-order valence-electron chi connectivity index (χ1n) is 4.09. The standard InChI is InChI=1S/C9H16BrNO/c1-9(2,3)12-5-4-8(6-10)7-11/h8H,4-6H2,1-3H3. The average Bonchev–Trinajstić information content (AvgIpc) is 1.96. The van der Waals surface area contributed by atoms with Gasteiger partial charge in [0.05, 0.1) is 17.6 Å². The Kier molecular flexibility index (Phi) is 5.52. The third-order valence-electron chi connectivity index (χ3n) is 1.37. The molecule has 0 aromatic heterocycles. The van der Waals surface area contributed by atoms with E-state index in [0.717, 1.165) is 11.8 Å². The Bertz CT molecular complexity index is 157. The largest absolute Gasteiger partial charge is 0.376 e. The van der Waals surface area contributed by atoms with Crippen LogP contribution in [0.15, 0.2) is 0 Å². The maximum absolute atomic E-state index is 8.62. The number of hydrogen-bond donors (Lipinski definition) is 0. The molecule has 0 aliphatic rings. The molecule has 0 bridgehead atoms. The van der Waals surface area contributed by atoms with E-state index >= 15 is 0 Å². The monoisotopic (exact) mass is 233 g/mol. The maximum Gasteiger partial charge on any atom is 0.0665 e. The summed E-state index contributed by atoms with van der Waals surface area (Å²) in [5.74, 6) is 0.0762. The molecule has 70 valence electrons. The van der Waals surface area contributed by atoms with Gasteiger partial charge in [-0.15, -0.1) is 0 Å². The second-order valence-corrected chi connectivity index (χ2v) is 4.38. The molecule has 0 radical (unpaired) electrons. The van der Waals surface area contributed by atoms with Crippen molar-refractivity contribution in [1.29, 1.82) is 5.26 Å². The second-order valence-electron chi connectivity index (χ2n) is 3.73. The van der Waals surface area contributed by atoms with Gasteiger partial charge in [0.15, 0.2) is 0 Å². The average molecular weight is 234 g/mol. The molecule has 0 heterocycles. The zero-order valence-corrected chi connectivity index (χ0v) is 9.52. The highest BCUT2D eigenvalue weighted by Crippen LogP contribution is 2.11. The van der Waals surface area contributed by atoms with Crippen molar-refractivity contribution < 1.29 is 4.74 Å². The zero-order valence-electron chi connectivity index (χ0n) is 7.93. The summed E-state index contributed by atoms with van der Waals surface area (Å²) >= 11 is 3.28. The summed E-state index contributed by atoms with van der Waals surface area (Å²) in [5, 5.41) is 9.35. The second kappa shape index (κ2) is 5.55. The molecule has 0 fully saturated rings. The van der Waals surface area contributed by atoms with Crippen LogP contribution in [0.2, 0.25) is 0 Å². The smallest absolute Gasteiger partial charge is 0.0665 e. The molecule has 0 spiro atoms. The van der Waals surface area contributed by atoms with E-state index in [9.17, 15) is 0 Å². The molecule has 0 amide bonds. The number of hydrogen-bond acceptors (Lipinski definition) is 2. The summed E-state index contributed by atoms with van der Waals surface area (Å²) in [4.78, 5) is 0. The van der Waals surface area contributed by atoms with Crippen molar-refractivity contribution in [2.45, 2.75) is 32.8 Å². The minimum atomic E-state index is -0.0910. The number of nitrogens with zero attached hydrogens (tertiary/aromatic N) is 1. The Morgan fingerprint density at radius 1 is 1.50 bits per heavy atom. The first kappa shape index (κ1) is 11.9. The lowest BCUT2D eigenvalue weighted by atomic mass is 10.1. The van der Waals surface area contributed by atoms with Crippen LogP contribution in [0.1, 0.15) is 27.2 Å². The van der Waals surface area contributed by atoms with Crippen molar-refractivity contribution in [3.63, 3.8) is 0 Å². The van der Waals surface area contributed by atoms with Crippen molar-refractivity contribution in [3.05, 3.63) is 0 Å². The number of alkyl halides is 1. The van der Waals surface area contributed by atoms with E-state index in [0.29, 0.717) is 6.61 Å². The summed E-state index contributed by atoms with van der Waals surface area (Å²) < 4.78 is 5.49. The van der Waals surface area contributed by atoms with Gasteiger partial charge in [-0.1, -0.05) is 15.9 Å². The Balaban J connectivity index is 3.50. The minimum Gasteiger partial charge on any atom is -0.376 e. The number of ether oxygens (including phenoxy) is 1. The molecule has 0 aliphatic heterocycles. The van der Waals surface area contributed by atoms with E-state index in [2.05, 4.69) is 22.0 Å². The highest BCUT2D eigenvalue weighted by molar-refractivity contribution is 9.09. The van der Waals surface area contributed by atoms with Crippen molar-refractivity contribution in [2.75, 3.05) is 11.9 Å². The summed E-state index contributed by atoms with van der Waals surface area (Å²) in [5.41, 5.74) is -0.0910. The molecule has 12 heavy (non-hydrogen) atoms. The Hall–Kier alpha value is -0.0700. The molecular formula is C9H16BrNO. The van der Waals surface area contributed by atoms with Gasteiger partial charge in [0, 0.05) is 11.9 Å². The quantitative estimate of drug-likeness (QED) is 0.700. The number of nitriles is 1. The predicted octanol–water partition coefficient (Wildman–Crippen LogP) is 2.73. The lowest BCUT2D eigenvalue weighted by molar-refractivity contribution is -0.00635. The molecule has 2 nitrogen and oxygen atoms in total. The molecule has 0 aromatic carbocycles. The first-order valence-corrected chi connectivity index (χ1v) is 5.21. The van der Waals surface area contributed by atoms with Crippen LogP contribution < -0.4 is 0 Å². The number of halogens is 1. The van der Waals surface area contributed by atoms with Crippen molar-refractivity contribution >= 4 is 15.9 Å². The van der Waals surface area contributed by atoms with Gasteiger partial charge >= 0.3 is 0 Å². The van der Waals surface area contributed by atoms with Crippen molar-refractivity contribution in [2.24, 2.45) is 5.92 Å². The Morgan fingerprint density at radius 2 is 2.08 bits per heavy atom. The van der Waals surface area contributed by atoms with Crippen LogP contribution in [0.3, 0.4) is 0 Å². The molecule has 0 N–H and O–H groups in total. The van der Waals surface area contributed by atoms with Crippen LogP contribution in [0.5, 0.6) is 0 Å². The molecule has 1 atom stereocenters. The van der Waals surface area contributed by atoms with Gasteiger partial charge in [0.2, 0.25) is 0 Å². The summed E-state index contributed by atoms with van der Waals surface area (Å²) in [7, 11) is 0. The predicted molar refractivity (Wildman–Crippen MR) is 53.2 cm³/mol. The third kappa shape index (κ3) is 6.63.